The van der Waals surface area contributed by atoms with Gasteiger partial charge in [0, 0.05) is 6.54 Å². The van der Waals surface area contributed by atoms with Gasteiger partial charge in [-0.2, -0.15) is 0 Å². The number of piperidine rings is 1. The van der Waals surface area contributed by atoms with E-state index < -0.39 is 24.7 Å². The maximum atomic E-state index is 13.0. The van der Waals surface area contributed by atoms with E-state index in [-0.39, 0.29) is 13.0 Å². The maximum Gasteiger partial charge on any atom is 0.407 e. The number of rotatable bonds is 2. The van der Waals surface area contributed by atoms with Crippen molar-refractivity contribution in [2.75, 3.05) is 6.54 Å². The zero-order valence-electron chi connectivity index (χ0n) is 7.50. The second kappa shape index (κ2) is 4.52. The van der Waals surface area contributed by atoms with Crippen molar-refractivity contribution in [1.29, 1.82) is 0 Å². The first kappa shape index (κ1) is 11.1. The summed E-state index contributed by atoms with van der Waals surface area (Å²) in [5.74, 6) is 0. The number of hydrogen-bond acceptors (Lipinski definition) is 1. The Morgan fingerprint density at radius 3 is 2.50 bits per heavy atom. The van der Waals surface area contributed by atoms with Crippen LogP contribution in [0.3, 0.4) is 0 Å². The van der Waals surface area contributed by atoms with Crippen LogP contribution in [0, 0.1) is 0 Å². The van der Waals surface area contributed by atoms with Crippen LogP contribution in [-0.4, -0.2) is 41.3 Å². The summed E-state index contributed by atoms with van der Waals surface area (Å²) in [6, 6.07) is -1.18. The molecule has 1 N–H and O–H groups in total. The number of hydrogen-bond donors (Lipinski definition) is 1. The van der Waals surface area contributed by atoms with Crippen molar-refractivity contribution in [3.05, 3.63) is 0 Å². The molecule has 1 heterocycles. The zero-order valence-corrected chi connectivity index (χ0v) is 7.50. The molecule has 3 nitrogen and oxygen atoms in total. The second-order valence-electron chi connectivity index (χ2n) is 3.32. The third-order valence-electron chi connectivity index (χ3n) is 2.40. The van der Waals surface area contributed by atoms with E-state index in [2.05, 4.69) is 0 Å². The summed E-state index contributed by atoms with van der Waals surface area (Å²) in [4.78, 5) is 11.4. The van der Waals surface area contributed by atoms with Crippen molar-refractivity contribution < 1.29 is 23.1 Å². The third kappa shape index (κ3) is 2.30. The van der Waals surface area contributed by atoms with Crippen molar-refractivity contribution in [2.24, 2.45) is 0 Å². The van der Waals surface area contributed by atoms with E-state index >= 15 is 0 Å². The smallest absolute Gasteiger partial charge is 0.407 e. The number of likely N-dealkylation sites (tertiary alicyclic amines) is 1. The van der Waals surface area contributed by atoms with Crippen molar-refractivity contribution in [1.82, 2.24) is 4.90 Å². The molecular formula is C8H12F3NO2. The van der Waals surface area contributed by atoms with Gasteiger partial charge >= 0.3 is 6.09 Å². The summed E-state index contributed by atoms with van der Waals surface area (Å²) in [7, 11) is 0. The lowest BCUT2D eigenvalue weighted by Gasteiger charge is -2.35. The minimum absolute atomic E-state index is 0.146. The molecule has 0 radical (unpaired) electrons. The van der Waals surface area contributed by atoms with Crippen LogP contribution >= 0.6 is 0 Å². The summed E-state index contributed by atoms with van der Waals surface area (Å²) in [6.45, 7) is 0.146. The lowest BCUT2D eigenvalue weighted by Crippen LogP contribution is -2.49. The monoisotopic (exact) mass is 211 g/mol. The molecule has 14 heavy (non-hydrogen) atoms. The van der Waals surface area contributed by atoms with Crippen LogP contribution in [0.15, 0.2) is 0 Å². The van der Waals surface area contributed by atoms with Gasteiger partial charge in [-0.3, -0.25) is 0 Å². The number of halogens is 3. The number of alkyl halides is 3. The van der Waals surface area contributed by atoms with Gasteiger partial charge in [0.05, 0.1) is 6.04 Å². The molecule has 0 spiro atoms. The normalized spacial score (nSPS) is 25.1. The highest BCUT2D eigenvalue weighted by Gasteiger charge is 2.37. The van der Waals surface area contributed by atoms with E-state index in [1.54, 1.807) is 0 Å². The van der Waals surface area contributed by atoms with E-state index in [1.807, 2.05) is 0 Å². The predicted octanol–water partition coefficient (Wildman–Crippen LogP) is 2.12. The number of amides is 1. The van der Waals surface area contributed by atoms with E-state index in [9.17, 15) is 18.0 Å². The Hall–Kier alpha value is -0.940. The molecule has 0 bridgehead atoms. The highest BCUT2D eigenvalue weighted by Crippen LogP contribution is 2.24. The van der Waals surface area contributed by atoms with Crippen LogP contribution < -0.4 is 0 Å². The maximum absolute atomic E-state index is 13.0. The van der Waals surface area contributed by atoms with E-state index in [4.69, 9.17) is 5.11 Å². The number of carbonyl (C=O) groups is 1. The van der Waals surface area contributed by atoms with Crippen LogP contribution in [0.25, 0.3) is 0 Å². The van der Waals surface area contributed by atoms with Gasteiger partial charge in [-0.15, -0.1) is 0 Å². The first-order valence-electron chi connectivity index (χ1n) is 4.46. The molecule has 2 unspecified atom stereocenters. The molecule has 0 aliphatic carbocycles. The molecule has 1 rings (SSSR count). The minimum Gasteiger partial charge on any atom is -0.465 e. The Labute approximate surface area is 79.5 Å². The average Bonchev–Trinajstić information content (AvgIpc) is 2.16. The van der Waals surface area contributed by atoms with Crippen LogP contribution in [0.4, 0.5) is 18.0 Å². The standard InChI is InChI=1S/C8H12F3NO2/c9-6(7(10)11)5-3-1-2-4-12(5)8(13)14/h5-7H,1-4H2,(H,13,14). The third-order valence-corrected chi connectivity index (χ3v) is 2.40. The van der Waals surface area contributed by atoms with Crippen LogP contribution in [0.5, 0.6) is 0 Å². The van der Waals surface area contributed by atoms with Crippen LogP contribution in [-0.2, 0) is 0 Å². The van der Waals surface area contributed by atoms with E-state index in [0.717, 1.165) is 4.90 Å². The molecule has 6 heteroatoms. The Morgan fingerprint density at radius 1 is 1.36 bits per heavy atom. The van der Waals surface area contributed by atoms with E-state index in [0.29, 0.717) is 12.8 Å². The molecule has 0 aromatic rings. The Balaban J connectivity index is 2.67. The van der Waals surface area contributed by atoms with E-state index in [1.165, 1.54) is 0 Å². The fraction of sp³-hybridized carbons (Fsp3) is 0.875. The molecule has 0 aromatic carbocycles. The lowest BCUT2D eigenvalue weighted by atomic mass is 9.99. The molecule has 1 amide bonds. The summed E-state index contributed by atoms with van der Waals surface area (Å²) >= 11 is 0. The van der Waals surface area contributed by atoms with Crippen molar-refractivity contribution in [3.8, 4) is 0 Å². The first-order chi connectivity index (χ1) is 6.54. The SMILES string of the molecule is O=C(O)N1CCCCC1C(F)C(F)F. The zero-order chi connectivity index (χ0) is 10.7. The Kier molecular flexibility index (Phi) is 3.60. The molecule has 0 saturated carbocycles. The summed E-state index contributed by atoms with van der Waals surface area (Å²) in [5, 5.41) is 8.65. The summed E-state index contributed by atoms with van der Waals surface area (Å²) in [6.07, 6.45) is -5.41. The number of carboxylic acid groups (broad SMARTS) is 1. The first-order valence-corrected chi connectivity index (χ1v) is 4.46. The van der Waals surface area contributed by atoms with Crippen LogP contribution in [0.1, 0.15) is 19.3 Å². The van der Waals surface area contributed by atoms with Gasteiger partial charge in [-0.05, 0) is 19.3 Å². The molecular weight excluding hydrogens is 199 g/mol. The largest absolute Gasteiger partial charge is 0.465 e. The molecule has 1 aliphatic rings. The van der Waals surface area contributed by atoms with Gasteiger partial charge < -0.3 is 10.0 Å². The van der Waals surface area contributed by atoms with Gasteiger partial charge in [0.1, 0.15) is 0 Å². The Bertz CT molecular complexity index is 213. The van der Waals surface area contributed by atoms with Gasteiger partial charge in [0.2, 0.25) is 0 Å². The molecule has 1 saturated heterocycles. The van der Waals surface area contributed by atoms with Gasteiger partial charge in [0.25, 0.3) is 6.43 Å². The topological polar surface area (TPSA) is 40.5 Å². The summed E-state index contributed by atoms with van der Waals surface area (Å²) < 4.78 is 37.1. The van der Waals surface area contributed by atoms with Crippen LogP contribution in [0.2, 0.25) is 0 Å². The molecule has 82 valence electrons. The van der Waals surface area contributed by atoms with Crippen molar-refractivity contribution in [2.45, 2.75) is 37.9 Å². The van der Waals surface area contributed by atoms with Crippen molar-refractivity contribution >= 4 is 6.09 Å². The lowest BCUT2D eigenvalue weighted by molar-refractivity contribution is -0.0154. The average molecular weight is 211 g/mol. The Morgan fingerprint density at radius 2 is 2.00 bits per heavy atom. The minimum atomic E-state index is -3.11. The van der Waals surface area contributed by atoms with Crippen molar-refractivity contribution in [3.63, 3.8) is 0 Å². The van der Waals surface area contributed by atoms with Gasteiger partial charge in [0.15, 0.2) is 6.17 Å². The number of nitrogens with zero attached hydrogens (tertiary/aromatic N) is 1. The highest BCUT2D eigenvalue weighted by molar-refractivity contribution is 5.65. The second-order valence-corrected chi connectivity index (χ2v) is 3.32. The fourth-order valence-electron chi connectivity index (χ4n) is 1.69. The quantitative estimate of drug-likeness (QED) is 0.760. The molecule has 1 aliphatic heterocycles. The fourth-order valence-corrected chi connectivity index (χ4v) is 1.69. The highest BCUT2D eigenvalue weighted by atomic mass is 19.3. The van der Waals surface area contributed by atoms with Gasteiger partial charge in [-0.1, -0.05) is 0 Å². The summed E-state index contributed by atoms with van der Waals surface area (Å²) in [5.41, 5.74) is 0. The molecule has 1 fully saturated rings. The van der Waals surface area contributed by atoms with Gasteiger partial charge in [-0.25, -0.2) is 18.0 Å². The predicted molar refractivity (Wildman–Crippen MR) is 43.3 cm³/mol. The molecule has 0 aromatic heterocycles. The molecule has 2 atom stereocenters.